The van der Waals surface area contributed by atoms with E-state index in [0.29, 0.717) is 30.5 Å². The Hall–Kier alpha value is -2.83. The second kappa shape index (κ2) is 8.70. The molecular formula is C20H26N4O3. The number of nitrogens with one attached hydrogen (secondary N) is 3. The number of carbonyl (C=O) groups excluding carboxylic acids is 3. The lowest BCUT2D eigenvalue weighted by Crippen LogP contribution is -2.35. The SMILES string of the molecule is C=CCNC(=O)Nc1ccc(NC(=O)C2CC(=O)N(C3CCCC3)C2)cc1. The molecule has 1 saturated carbocycles. The quantitative estimate of drug-likeness (QED) is 0.673. The minimum Gasteiger partial charge on any atom is -0.339 e. The van der Waals surface area contributed by atoms with Gasteiger partial charge < -0.3 is 20.9 Å². The lowest BCUT2D eigenvalue weighted by Gasteiger charge is -2.23. The number of benzene rings is 1. The van der Waals surface area contributed by atoms with Gasteiger partial charge in [-0.05, 0) is 37.1 Å². The van der Waals surface area contributed by atoms with Crippen molar-refractivity contribution in [2.45, 2.75) is 38.1 Å². The number of anilines is 2. The Labute approximate surface area is 159 Å². The molecule has 2 aliphatic rings. The Morgan fingerprint density at radius 2 is 1.74 bits per heavy atom. The van der Waals surface area contributed by atoms with Crippen molar-refractivity contribution in [3.05, 3.63) is 36.9 Å². The zero-order valence-electron chi connectivity index (χ0n) is 15.4. The van der Waals surface area contributed by atoms with Crippen LogP contribution in [-0.4, -0.2) is 41.9 Å². The molecule has 1 unspecified atom stereocenters. The normalized spacial score (nSPS) is 19.8. The molecule has 1 heterocycles. The monoisotopic (exact) mass is 370 g/mol. The van der Waals surface area contributed by atoms with Crippen LogP contribution in [0, 0.1) is 5.92 Å². The summed E-state index contributed by atoms with van der Waals surface area (Å²) in [4.78, 5) is 38.3. The average molecular weight is 370 g/mol. The van der Waals surface area contributed by atoms with Crippen LogP contribution in [-0.2, 0) is 9.59 Å². The van der Waals surface area contributed by atoms with Crippen molar-refractivity contribution in [2.24, 2.45) is 5.92 Å². The molecule has 1 aromatic carbocycles. The standard InChI is InChI=1S/C20H26N4O3/c1-2-11-21-20(27)23-16-9-7-15(8-10-16)22-19(26)14-12-18(25)24(13-14)17-5-3-4-6-17/h2,7-10,14,17H,1,3-6,11-13H2,(H,22,26)(H2,21,23,27). The van der Waals surface area contributed by atoms with E-state index in [0.717, 1.165) is 25.7 Å². The topological polar surface area (TPSA) is 90.5 Å². The smallest absolute Gasteiger partial charge is 0.319 e. The van der Waals surface area contributed by atoms with Gasteiger partial charge in [-0.25, -0.2) is 4.79 Å². The van der Waals surface area contributed by atoms with Crippen molar-refractivity contribution in [3.8, 4) is 0 Å². The van der Waals surface area contributed by atoms with Crippen molar-refractivity contribution in [2.75, 3.05) is 23.7 Å². The molecule has 144 valence electrons. The van der Waals surface area contributed by atoms with Crippen LogP contribution >= 0.6 is 0 Å². The fourth-order valence-corrected chi connectivity index (χ4v) is 3.70. The zero-order chi connectivity index (χ0) is 19.2. The first-order valence-corrected chi connectivity index (χ1v) is 9.43. The maximum absolute atomic E-state index is 12.5. The van der Waals surface area contributed by atoms with Crippen LogP contribution in [0.1, 0.15) is 32.1 Å². The van der Waals surface area contributed by atoms with E-state index in [2.05, 4.69) is 22.5 Å². The fourth-order valence-electron chi connectivity index (χ4n) is 3.70. The van der Waals surface area contributed by atoms with Gasteiger partial charge in [0.2, 0.25) is 11.8 Å². The van der Waals surface area contributed by atoms with Gasteiger partial charge in [0.25, 0.3) is 0 Å². The number of likely N-dealkylation sites (tertiary alicyclic amines) is 1. The molecule has 3 N–H and O–H groups in total. The van der Waals surface area contributed by atoms with Crippen molar-refractivity contribution >= 4 is 29.2 Å². The molecule has 1 atom stereocenters. The van der Waals surface area contributed by atoms with Crippen molar-refractivity contribution in [1.82, 2.24) is 10.2 Å². The second-order valence-electron chi connectivity index (χ2n) is 7.08. The minimum atomic E-state index is -0.317. The fraction of sp³-hybridized carbons (Fsp3) is 0.450. The highest BCUT2D eigenvalue weighted by molar-refractivity contribution is 5.97. The van der Waals surface area contributed by atoms with Gasteiger partial charge in [-0.15, -0.1) is 6.58 Å². The van der Waals surface area contributed by atoms with Gasteiger partial charge in [-0.2, -0.15) is 0 Å². The maximum atomic E-state index is 12.5. The van der Waals surface area contributed by atoms with E-state index in [1.807, 2.05) is 4.90 Å². The lowest BCUT2D eigenvalue weighted by atomic mass is 10.1. The Balaban J connectivity index is 1.51. The number of rotatable bonds is 6. The van der Waals surface area contributed by atoms with Crippen molar-refractivity contribution in [3.63, 3.8) is 0 Å². The zero-order valence-corrected chi connectivity index (χ0v) is 15.4. The highest BCUT2D eigenvalue weighted by atomic mass is 16.2. The van der Waals surface area contributed by atoms with Gasteiger partial charge >= 0.3 is 6.03 Å². The summed E-state index contributed by atoms with van der Waals surface area (Å²) in [5.41, 5.74) is 1.27. The van der Waals surface area contributed by atoms with Crippen LogP contribution in [0.4, 0.5) is 16.2 Å². The molecule has 1 aromatic rings. The molecule has 1 saturated heterocycles. The van der Waals surface area contributed by atoms with Crippen molar-refractivity contribution in [1.29, 1.82) is 0 Å². The van der Waals surface area contributed by atoms with Crippen LogP contribution < -0.4 is 16.0 Å². The van der Waals surface area contributed by atoms with E-state index in [1.54, 1.807) is 30.3 Å². The van der Waals surface area contributed by atoms with Crippen molar-refractivity contribution < 1.29 is 14.4 Å². The first-order chi connectivity index (χ1) is 13.1. The van der Waals surface area contributed by atoms with Crippen LogP contribution in [0.15, 0.2) is 36.9 Å². The predicted molar refractivity (Wildman–Crippen MR) is 104 cm³/mol. The van der Waals surface area contributed by atoms with Gasteiger partial charge in [0, 0.05) is 36.9 Å². The molecule has 4 amide bonds. The van der Waals surface area contributed by atoms with Gasteiger partial charge in [0.1, 0.15) is 0 Å². The highest BCUT2D eigenvalue weighted by Crippen LogP contribution is 2.30. The van der Waals surface area contributed by atoms with Gasteiger partial charge in [0.15, 0.2) is 0 Å². The molecule has 0 aromatic heterocycles. The summed E-state index contributed by atoms with van der Waals surface area (Å²) in [5.74, 6) is -0.346. The maximum Gasteiger partial charge on any atom is 0.319 e. The summed E-state index contributed by atoms with van der Waals surface area (Å²) < 4.78 is 0. The summed E-state index contributed by atoms with van der Waals surface area (Å²) in [6, 6.07) is 6.89. The van der Waals surface area contributed by atoms with E-state index in [4.69, 9.17) is 0 Å². The Bertz CT molecular complexity index is 710. The summed E-state index contributed by atoms with van der Waals surface area (Å²) >= 11 is 0. The third kappa shape index (κ3) is 4.87. The molecule has 0 spiro atoms. The lowest BCUT2D eigenvalue weighted by molar-refractivity contribution is -0.129. The van der Waals surface area contributed by atoms with E-state index in [-0.39, 0.29) is 30.2 Å². The number of nitrogens with zero attached hydrogens (tertiary/aromatic N) is 1. The van der Waals surface area contributed by atoms with Crippen LogP contribution in [0.2, 0.25) is 0 Å². The molecule has 2 fully saturated rings. The summed E-state index contributed by atoms with van der Waals surface area (Å²) in [6.45, 7) is 4.44. The second-order valence-corrected chi connectivity index (χ2v) is 7.08. The third-order valence-corrected chi connectivity index (χ3v) is 5.11. The summed E-state index contributed by atoms with van der Waals surface area (Å²) in [7, 11) is 0. The van der Waals surface area contributed by atoms with Gasteiger partial charge in [-0.1, -0.05) is 18.9 Å². The van der Waals surface area contributed by atoms with E-state index in [9.17, 15) is 14.4 Å². The molecule has 1 aliphatic carbocycles. The molecule has 0 radical (unpaired) electrons. The molecule has 0 bridgehead atoms. The highest BCUT2D eigenvalue weighted by Gasteiger charge is 2.38. The molecular weight excluding hydrogens is 344 g/mol. The molecule has 3 rings (SSSR count). The molecule has 7 nitrogen and oxygen atoms in total. The predicted octanol–water partition coefficient (Wildman–Crippen LogP) is 2.72. The average Bonchev–Trinajstić information content (AvgIpc) is 3.31. The number of urea groups is 1. The summed E-state index contributed by atoms with van der Waals surface area (Å²) in [6.07, 6.45) is 6.31. The number of hydrogen-bond acceptors (Lipinski definition) is 3. The van der Waals surface area contributed by atoms with Gasteiger partial charge in [0.05, 0.1) is 5.92 Å². The largest absolute Gasteiger partial charge is 0.339 e. The van der Waals surface area contributed by atoms with E-state index in [1.165, 1.54) is 0 Å². The minimum absolute atomic E-state index is 0.0899. The Morgan fingerprint density at radius 1 is 1.11 bits per heavy atom. The number of amides is 4. The van der Waals surface area contributed by atoms with Crippen LogP contribution in [0.25, 0.3) is 0 Å². The molecule has 27 heavy (non-hydrogen) atoms. The molecule has 1 aliphatic heterocycles. The van der Waals surface area contributed by atoms with Gasteiger partial charge in [-0.3, -0.25) is 9.59 Å². The third-order valence-electron chi connectivity index (χ3n) is 5.11. The number of hydrogen-bond donors (Lipinski definition) is 3. The number of carbonyl (C=O) groups is 3. The van der Waals surface area contributed by atoms with E-state index >= 15 is 0 Å². The first kappa shape index (κ1) is 18.9. The molecule has 7 heteroatoms. The Morgan fingerprint density at radius 3 is 2.37 bits per heavy atom. The summed E-state index contributed by atoms with van der Waals surface area (Å²) in [5, 5.41) is 8.19. The van der Waals surface area contributed by atoms with Crippen LogP contribution in [0.5, 0.6) is 0 Å². The van der Waals surface area contributed by atoms with Crippen LogP contribution in [0.3, 0.4) is 0 Å². The first-order valence-electron chi connectivity index (χ1n) is 9.43. The Kier molecular flexibility index (Phi) is 6.11. The van der Waals surface area contributed by atoms with E-state index < -0.39 is 0 Å².